The van der Waals surface area contributed by atoms with E-state index in [1.165, 1.54) is 33.7 Å². The van der Waals surface area contributed by atoms with Gasteiger partial charge in [-0.1, -0.05) is 112 Å². The van der Waals surface area contributed by atoms with Gasteiger partial charge in [-0.15, -0.1) is 23.1 Å². The number of methoxy groups -OCH3 is 1. The van der Waals surface area contributed by atoms with Crippen molar-refractivity contribution in [2.24, 2.45) is 10.8 Å². The van der Waals surface area contributed by atoms with Gasteiger partial charge >= 0.3 is 0 Å². The van der Waals surface area contributed by atoms with Crippen LogP contribution in [0.2, 0.25) is 5.02 Å². The van der Waals surface area contributed by atoms with Crippen molar-refractivity contribution in [1.82, 2.24) is 39.9 Å². The van der Waals surface area contributed by atoms with E-state index in [1.807, 2.05) is 124 Å². The number of benzene rings is 5. The maximum atomic E-state index is 14.3. The van der Waals surface area contributed by atoms with Crippen LogP contribution in [0.1, 0.15) is 138 Å². The van der Waals surface area contributed by atoms with E-state index in [0.717, 1.165) is 123 Å². The number of piperazine rings is 2. The summed E-state index contributed by atoms with van der Waals surface area (Å²) in [6, 6.07) is 33.8. The smallest absolute Gasteiger partial charge is 0.293 e. The summed E-state index contributed by atoms with van der Waals surface area (Å²) in [6.45, 7) is 20.0. The van der Waals surface area contributed by atoms with Crippen LogP contribution in [0, 0.1) is 27.9 Å². The minimum atomic E-state index is -4.51. The summed E-state index contributed by atoms with van der Waals surface area (Å²) in [4.78, 5) is 97.1. The summed E-state index contributed by atoms with van der Waals surface area (Å²) in [5.74, 6) is -1.16. The first kappa shape index (κ1) is 78.8. The van der Waals surface area contributed by atoms with Crippen LogP contribution in [0.15, 0.2) is 142 Å². The molecule has 0 radical (unpaired) electrons. The van der Waals surface area contributed by atoms with E-state index in [0.29, 0.717) is 56.2 Å². The third-order valence-corrected chi connectivity index (χ3v) is 24.1. The number of carbonyl (C=O) groups is 5. The van der Waals surface area contributed by atoms with E-state index in [4.69, 9.17) is 16.3 Å². The first-order valence-electron chi connectivity index (χ1n) is 36.1. The topological polar surface area (TPSA) is 269 Å². The molecule has 22 nitrogen and oxygen atoms in total. The molecule has 6 atom stereocenters. The SMILES string of the molecule is COCC[C@H](CSc1ccccc1)Nc1ccc(S(=O)(=O)NC(=O)c2ccc(N3CCN(CC4=C(c5ccc(Cl)cc5)CCC(C)(CN5CCN(C(=O)CCCCCCC(=O)N[C@H](C(=O)N6C[C@H](O)C[C@H]6C(=O)N[C@@H](C)c6ccc(-c7scnc7C)cc6)C(C)(C)C)CC5)C4)CC3)cc2)cc1[N+](=O)[O-]. The van der Waals surface area contributed by atoms with Crippen LogP contribution in [0.3, 0.4) is 0 Å². The highest BCUT2D eigenvalue weighted by molar-refractivity contribution is 7.99. The molecule has 0 spiro atoms. The molecule has 3 fully saturated rings. The molecule has 0 bridgehead atoms. The van der Waals surface area contributed by atoms with Gasteiger partial charge in [0.2, 0.25) is 23.6 Å². The van der Waals surface area contributed by atoms with Gasteiger partial charge in [-0.3, -0.25) is 43.9 Å². The number of aryl methyl sites for hydroxylation is 1. The van der Waals surface area contributed by atoms with Gasteiger partial charge in [0.05, 0.1) is 38.0 Å². The zero-order valence-corrected chi connectivity index (χ0v) is 63.9. The van der Waals surface area contributed by atoms with Crippen molar-refractivity contribution in [3.63, 3.8) is 0 Å². The number of thiazole rings is 1. The zero-order valence-electron chi connectivity index (χ0n) is 60.7. The predicted octanol–water partition coefficient (Wildman–Crippen LogP) is 12.0. The number of nitro groups is 1. The molecule has 558 valence electrons. The van der Waals surface area contributed by atoms with Crippen molar-refractivity contribution < 1.29 is 47.2 Å². The first-order chi connectivity index (χ1) is 49.7. The molecule has 5 amide bonds. The van der Waals surface area contributed by atoms with E-state index < -0.39 is 60.9 Å². The molecule has 6 aromatic rings. The number of unbranched alkanes of at least 4 members (excludes halogenated alkanes) is 3. The van der Waals surface area contributed by atoms with Gasteiger partial charge < -0.3 is 40.5 Å². The molecule has 3 aliphatic heterocycles. The second kappa shape index (κ2) is 36.0. The highest BCUT2D eigenvalue weighted by Gasteiger charge is 2.45. The molecule has 4 aliphatic rings. The van der Waals surface area contributed by atoms with Crippen LogP contribution in [-0.4, -0.2) is 188 Å². The fourth-order valence-electron chi connectivity index (χ4n) is 14.5. The van der Waals surface area contributed by atoms with Crippen LogP contribution in [0.25, 0.3) is 16.0 Å². The number of nitrogens with zero attached hydrogens (tertiary/aromatic N) is 7. The summed E-state index contributed by atoms with van der Waals surface area (Å²) in [7, 11) is -2.93. The van der Waals surface area contributed by atoms with Gasteiger partial charge in [-0.25, -0.2) is 18.1 Å². The fourth-order valence-corrected chi connectivity index (χ4v) is 17.4. The number of thioether (sulfide) groups is 1. The third kappa shape index (κ3) is 21.3. The number of aliphatic hydroxyl groups excluding tert-OH is 1. The number of anilines is 2. The first-order valence-corrected chi connectivity index (χ1v) is 39.9. The molecule has 104 heavy (non-hydrogen) atoms. The maximum absolute atomic E-state index is 14.3. The Kier molecular flexibility index (Phi) is 27.3. The normalized spacial score (nSPS) is 19.3. The number of carbonyl (C=O) groups excluding carboxylic acids is 5. The van der Waals surface area contributed by atoms with Crippen molar-refractivity contribution in [3.8, 4) is 10.4 Å². The molecular weight excluding hydrogens is 1400 g/mol. The molecule has 1 unspecified atom stereocenters. The monoisotopic (exact) mass is 1500 g/mol. The number of allylic oxidation sites excluding steroid dienone is 1. The largest absolute Gasteiger partial charge is 0.391 e. The number of sulfonamides is 1. The third-order valence-electron chi connectivity index (χ3n) is 20.4. The van der Waals surface area contributed by atoms with E-state index in [9.17, 15) is 47.6 Å². The average molecular weight is 1500 g/mol. The number of halogens is 1. The van der Waals surface area contributed by atoms with Crippen LogP contribution >= 0.6 is 34.7 Å². The van der Waals surface area contributed by atoms with Gasteiger partial charge in [0.15, 0.2) is 0 Å². The molecule has 4 heterocycles. The Morgan fingerprint density at radius 3 is 2.17 bits per heavy atom. The van der Waals surface area contributed by atoms with Crippen molar-refractivity contribution in [2.45, 2.75) is 152 Å². The van der Waals surface area contributed by atoms with Gasteiger partial charge in [0, 0.05) is 144 Å². The van der Waals surface area contributed by atoms with E-state index in [-0.39, 0.29) is 65.9 Å². The van der Waals surface area contributed by atoms with Crippen LogP contribution in [0.5, 0.6) is 0 Å². The second-order valence-corrected chi connectivity index (χ2v) is 33.5. The minimum absolute atomic E-state index is 0.00920. The van der Waals surface area contributed by atoms with Gasteiger partial charge in [-0.2, -0.15) is 0 Å². The number of aliphatic hydroxyl groups is 1. The number of hydrogen-bond acceptors (Lipinski definition) is 18. The Morgan fingerprint density at radius 1 is 0.846 bits per heavy atom. The summed E-state index contributed by atoms with van der Waals surface area (Å²) in [5.41, 5.74) is 8.76. The zero-order chi connectivity index (χ0) is 74.3. The highest BCUT2D eigenvalue weighted by atomic mass is 35.5. The Balaban J connectivity index is 0.646. The minimum Gasteiger partial charge on any atom is -0.391 e. The second-order valence-electron chi connectivity index (χ2n) is 29.5. The van der Waals surface area contributed by atoms with Crippen LogP contribution in [0.4, 0.5) is 17.1 Å². The molecule has 5 N–H and O–H groups in total. The molecule has 1 aliphatic carbocycles. The number of likely N-dealkylation sites (tertiary alicyclic amines) is 1. The number of β-amino-alcohol motifs (C(OH)–C–C–N with tert-alkyl or cyclic N) is 1. The lowest BCUT2D eigenvalue weighted by molar-refractivity contribution is -0.384. The lowest BCUT2D eigenvalue weighted by atomic mass is 9.71. The Morgan fingerprint density at radius 2 is 1.52 bits per heavy atom. The van der Waals surface area contributed by atoms with Crippen molar-refractivity contribution >= 4 is 96.9 Å². The molecule has 0 saturated carbocycles. The number of nitrogens with one attached hydrogen (secondary N) is 4. The van der Waals surface area contributed by atoms with Crippen molar-refractivity contribution in [3.05, 3.63) is 170 Å². The molecular formula is C78H100ClN11O11S3. The van der Waals surface area contributed by atoms with Gasteiger partial charge in [-0.05, 0) is 146 Å². The van der Waals surface area contributed by atoms with E-state index in [2.05, 4.69) is 59.4 Å². The Hall–Kier alpha value is -7.75. The Bertz CT molecular complexity index is 4090. The summed E-state index contributed by atoms with van der Waals surface area (Å²) in [6.07, 6.45) is 6.16. The maximum Gasteiger partial charge on any atom is 0.293 e. The standard InChI is InChI=1S/C78H100ClN11O11S3/c1-53(55-19-21-57(22-20-55)72-54(2)80-52-103-72)81-75(95)69-45-63(91)49-89(69)76(96)73(77(3,4)5)83-70(92)17-13-8-9-14-18-71(93)88-42-38-86(39-43-88)51-78(6)35-33-66(56-23-27-60(79)28-24-56)59(47-78)48-85-36-40-87(41-37-85)62-29-25-58(26-30-62)74(94)84-104(99,100)65-31-32-67(68(46-65)90(97)98)82-61(34-44-101-7)50-102-64-15-11-10-12-16-64/h10-12,15-16,19-32,46,52-53,61,63,69,73,82,91H,8-9,13-14,17-18,33-45,47-51H2,1-7H3,(H,81,95)(H,83,92)(H,84,94)/t53-,61+,63+,69-,73+,78?/m0/s1. The number of ether oxygens (including phenoxy) is 1. The summed E-state index contributed by atoms with van der Waals surface area (Å²) >= 11 is 9.56. The summed E-state index contributed by atoms with van der Waals surface area (Å²) < 4.78 is 34.6. The van der Waals surface area contributed by atoms with E-state index in [1.54, 1.807) is 42.3 Å². The molecule has 10 rings (SSSR count). The Labute approximate surface area is 625 Å². The number of rotatable bonds is 31. The number of hydrogen-bond donors (Lipinski definition) is 5. The van der Waals surface area contributed by atoms with Crippen molar-refractivity contribution in [1.29, 1.82) is 0 Å². The molecule has 26 heteroatoms. The lowest BCUT2D eigenvalue weighted by Gasteiger charge is -2.44. The van der Waals surface area contributed by atoms with E-state index >= 15 is 0 Å². The van der Waals surface area contributed by atoms with Crippen molar-refractivity contribution in [2.75, 3.05) is 102 Å². The molecule has 3 saturated heterocycles. The summed E-state index contributed by atoms with van der Waals surface area (Å²) in [5, 5.41) is 33.1. The van der Waals surface area contributed by atoms with Crippen LogP contribution < -0.4 is 25.6 Å². The molecule has 1 aromatic heterocycles. The number of aromatic nitrogens is 1. The fraction of sp³-hybridized carbons (Fsp3) is 0.487. The highest BCUT2D eigenvalue weighted by Crippen LogP contribution is 2.44. The predicted molar refractivity (Wildman–Crippen MR) is 411 cm³/mol. The van der Waals surface area contributed by atoms with Gasteiger partial charge in [0.25, 0.3) is 21.6 Å². The van der Waals surface area contributed by atoms with Gasteiger partial charge in [0.1, 0.15) is 17.8 Å². The number of nitro benzene ring substituents is 1. The quantitative estimate of drug-likeness (QED) is 0.0117. The molecule has 5 aromatic carbocycles. The number of amides is 5. The lowest BCUT2D eigenvalue weighted by Crippen LogP contribution is -2.57. The van der Waals surface area contributed by atoms with Crippen LogP contribution in [-0.2, 0) is 33.9 Å². The average Bonchev–Trinajstić information content (AvgIpc) is 1.02.